The van der Waals surface area contributed by atoms with E-state index in [0.29, 0.717) is 33.6 Å². The van der Waals surface area contributed by atoms with Crippen LogP contribution in [0.3, 0.4) is 0 Å². The molecule has 0 aliphatic carbocycles. The number of benzene rings is 2. The number of carbonyl (C=O) groups is 2. The van der Waals surface area contributed by atoms with E-state index in [-0.39, 0.29) is 18.2 Å². The molecular weight excluding hydrogens is 416 g/mol. The standard InChI is InChI=1S/C22H24N4O4S/c1-26(2)17-8-6-15(7-9-17)23-20(27)12-16-13-31-22(24-16)25-21(28)14-5-10-18(29-3)19(11-14)30-4/h5-11,13H,12H2,1-4H3,(H,23,27)(H,24,25,28). The molecule has 0 fully saturated rings. The van der Waals surface area contributed by atoms with Gasteiger partial charge in [0.1, 0.15) is 0 Å². The van der Waals surface area contributed by atoms with Crippen molar-refractivity contribution in [3.63, 3.8) is 0 Å². The molecule has 3 aromatic rings. The third-order valence-electron chi connectivity index (χ3n) is 4.43. The van der Waals surface area contributed by atoms with Crippen LogP contribution in [-0.2, 0) is 11.2 Å². The maximum Gasteiger partial charge on any atom is 0.257 e. The van der Waals surface area contributed by atoms with E-state index in [4.69, 9.17) is 9.47 Å². The summed E-state index contributed by atoms with van der Waals surface area (Å²) in [5.74, 6) is 0.496. The number of hydrogen-bond donors (Lipinski definition) is 2. The van der Waals surface area contributed by atoms with Crippen molar-refractivity contribution >= 4 is 39.7 Å². The fraction of sp³-hybridized carbons (Fsp3) is 0.227. The molecule has 0 spiro atoms. The SMILES string of the molecule is COc1ccc(C(=O)Nc2nc(CC(=O)Nc3ccc(N(C)C)cc3)cs2)cc1OC. The first-order chi connectivity index (χ1) is 14.9. The first-order valence-corrected chi connectivity index (χ1v) is 10.3. The molecule has 0 aliphatic heterocycles. The van der Waals surface area contributed by atoms with Crippen LogP contribution in [0, 0.1) is 0 Å². The Hall–Kier alpha value is -3.59. The third-order valence-corrected chi connectivity index (χ3v) is 5.23. The monoisotopic (exact) mass is 440 g/mol. The van der Waals surface area contributed by atoms with Crippen molar-refractivity contribution < 1.29 is 19.1 Å². The summed E-state index contributed by atoms with van der Waals surface area (Å²) >= 11 is 1.26. The molecule has 2 aromatic carbocycles. The van der Waals surface area contributed by atoms with Crippen molar-refractivity contribution in [3.8, 4) is 11.5 Å². The molecule has 0 atom stereocenters. The molecule has 1 heterocycles. The normalized spacial score (nSPS) is 10.3. The Morgan fingerprint density at radius 3 is 2.35 bits per heavy atom. The van der Waals surface area contributed by atoms with Crippen LogP contribution < -0.4 is 25.0 Å². The van der Waals surface area contributed by atoms with E-state index in [1.54, 1.807) is 23.6 Å². The van der Waals surface area contributed by atoms with E-state index >= 15 is 0 Å². The van der Waals surface area contributed by atoms with Gasteiger partial charge < -0.3 is 19.7 Å². The van der Waals surface area contributed by atoms with Crippen LogP contribution in [0.25, 0.3) is 0 Å². The average Bonchev–Trinajstić information content (AvgIpc) is 3.19. The van der Waals surface area contributed by atoms with Gasteiger partial charge in [-0.3, -0.25) is 14.9 Å². The number of anilines is 3. The molecule has 162 valence electrons. The first-order valence-electron chi connectivity index (χ1n) is 9.44. The van der Waals surface area contributed by atoms with E-state index in [9.17, 15) is 9.59 Å². The van der Waals surface area contributed by atoms with Gasteiger partial charge in [0.05, 0.1) is 26.3 Å². The number of carbonyl (C=O) groups excluding carboxylic acids is 2. The number of hydrogen-bond acceptors (Lipinski definition) is 7. The first kappa shape index (κ1) is 22.1. The van der Waals surface area contributed by atoms with Crippen LogP contribution in [0.1, 0.15) is 16.1 Å². The molecule has 31 heavy (non-hydrogen) atoms. The fourth-order valence-electron chi connectivity index (χ4n) is 2.80. The van der Waals surface area contributed by atoms with Crippen LogP contribution in [0.15, 0.2) is 47.8 Å². The Kier molecular flexibility index (Phi) is 7.09. The van der Waals surface area contributed by atoms with Gasteiger partial charge in [-0.1, -0.05) is 0 Å². The van der Waals surface area contributed by atoms with E-state index < -0.39 is 0 Å². The summed E-state index contributed by atoms with van der Waals surface area (Å²) in [6.45, 7) is 0. The Morgan fingerprint density at radius 1 is 1.00 bits per heavy atom. The summed E-state index contributed by atoms with van der Waals surface area (Å²) in [6.07, 6.45) is 0.109. The lowest BCUT2D eigenvalue weighted by Gasteiger charge is -2.12. The van der Waals surface area contributed by atoms with Gasteiger partial charge >= 0.3 is 0 Å². The van der Waals surface area contributed by atoms with Gasteiger partial charge in [-0.25, -0.2) is 4.98 Å². The Bertz CT molecular complexity index is 1060. The van der Waals surface area contributed by atoms with Gasteiger partial charge in [-0.05, 0) is 42.5 Å². The van der Waals surface area contributed by atoms with Gasteiger partial charge in [-0.2, -0.15) is 0 Å². The minimum atomic E-state index is -0.327. The van der Waals surface area contributed by atoms with Crippen LogP contribution in [0.4, 0.5) is 16.5 Å². The average molecular weight is 441 g/mol. The summed E-state index contributed by atoms with van der Waals surface area (Å²) in [5.41, 5.74) is 2.75. The van der Waals surface area contributed by atoms with Crippen LogP contribution >= 0.6 is 11.3 Å². The highest BCUT2D eigenvalue weighted by molar-refractivity contribution is 7.14. The second-order valence-corrected chi connectivity index (χ2v) is 7.69. The largest absolute Gasteiger partial charge is 0.493 e. The number of nitrogens with zero attached hydrogens (tertiary/aromatic N) is 2. The second kappa shape index (κ2) is 9.94. The van der Waals surface area contributed by atoms with E-state index in [1.165, 1.54) is 25.6 Å². The summed E-state index contributed by atoms with van der Waals surface area (Å²) in [5, 5.41) is 7.76. The molecular formula is C22H24N4O4S. The van der Waals surface area contributed by atoms with Crippen molar-refractivity contribution in [2.45, 2.75) is 6.42 Å². The highest BCUT2D eigenvalue weighted by atomic mass is 32.1. The number of thiazole rings is 1. The summed E-state index contributed by atoms with van der Waals surface area (Å²) in [7, 11) is 6.95. The predicted molar refractivity (Wildman–Crippen MR) is 123 cm³/mol. The Labute approximate surface area is 184 Å². The maximum atomic E-state index is 12.5. The van der Waals surface area contributed by atoms with Gasteiger partial charge in [0.2, 0.25) is 5.91 Å². The second-order valence-electron chi connectivity index (χ2n) is 6.83. The number of ether oxygens (including phenoxy) is 2. The highest BCUT2D eigenvalue weighted by Gasteiger charge is 2.14. The van der Waals surface area contributed by atoms with Crippen molar-refractivity contribution in [1.82, 2.24) is 4.98 Å². The minimum Gasteiger partial charge on any atom is -0.493 e. The molecule has 3 rings (SSSR count). The third kappa shape index (κ3) is 5.73. The lowest BCUT2D eigenvalue weighted by molar-refractivity contribution is -0.115. The zero-order chi connectivity index (χ0) is 22.4. The zero-order valence-corrected chi connectivity index (χ0v) is 18.6. The number of nitrogens with one attached hydrogen (secondary N) is 2. The van der Waals surface area contributed by atoms with Crippen LogP contribution in [0.2, 0.25) is 0 Å². The molecule has 0 aliphatic rings. The van der Waals surface area contributed by atoms with Crippen molar-refractivity contribution in [2.75, 3.05) is 43.8 Å². The summed E-state index contributed by atoms with van der Waals surface area (Å²) in [6, 6.07) is 12.5. The highest BCUT2D eigenvalue weighted by Crippen LogP contribution is 2.28. The molecule has 1 aromatic heterocycles. The molecule has 2 amide bonds. The molecule has 9 heteroatoms. The van der Waals surface area contributed by atoms with Gasteiger partial charge in [0, 0.05) is 36.4 Å². The quantitative estimate of drug-likeness (QED) is 0.555. The fourth-order valence-corrected chi connectivity index (χ4v) is 3.51. The van der Waals surface area contributed by atoms with Crippen LogP contribution in [-0.4, -0.2) is 45.1 Å². The number of aromatic nitrogens is 1. The van der Waals surface area contributed by atoms with Crippen molar-refractivity contribution in [3.05, 3.63) is 59.1 Å². The van der Waals surface area contributed by atoms with E-state index in [2.05, 4.69) is 15.6 Å². The van der Waals surface area contributed by atoms with Crippen molar-refractivity contribution in [1.29, 1.82) is 0 Å². The zero-order valence-electron chi connectivity index (χ0n) is 17.8. The summed E-state index contributed by atoms with van der Waals surface area (Å²) in [4.78, 5) is 31.1. The molecule has 0 saturated heterocycles. The Morgan fingerprint density at radius 2 is 1.71 bits per heavy atom. The molecule has 2 N–H and O–H groups in total. The van der Waals surface area contributed by atoms with Gasteiger partial charge in [0.15, 0.2) is 16.6 Å². The number of methoxy groups -OCH3 is 2. The van der Waals surface area contributed by atoms with E-state index in [0.717, 1.165) is 5.69 Å². The minimum absolute atomic E-state index is 0.109. The van der Waals surface area contributed by atoms with Crippen molar-refractivity contribution in [2.24, 2.45) is 0 Å². The smallest absolute Gasteiger partial charge is 0.257 e. The van der Waals surface area contributed by atoms with Gasteiger partial charge in [0.25, 0.3) is 5.91 Å². The van der Waals surface area contributed by atoms with Crippen LogP contribution in [0.5, 0.6) is 11.5 Å². The Balaban J connectivity index is 1.58. The van der Waals surface area contributed by atoms with Gasteiger partial charge in [-0.15, -0.1) is 11.3 Å². The summed E-state index contributed by atoms with van der Waals surface area (Å²) < 4.78 is 10.4. The predicted octanol–water partition coefficient (Wildman–Crippen LogP) is 3.66. The lowest BCUT2D eigenvalue weighted by Crippen LogP contribution is -2.15. The van der Waals surface area contributed by atoms with E-state index in [1.807, 2.05) is 43.3 Å². The molecule has 0 saturated carbocycles. The lowest BCUT2D eigenvalue weighted by atomic mass is 10.2. The molecule has 8 nitrogen and oxygen atoms in total. The number of rotatable bonds is 8. The molecule has 0 bridgehead atoms. The topological polar surface area (TPSA) is 92.8 Å². The number of amides is 2. The maximum absolute atomic E-state index is 12.5. The molecule has 0 unspecified atom stereocenters. The molecule has 0 radical (unpaired) electrons.